The van der Waals surface area contributed by atoms with Crippen LogP contribution in [0.4, 0.5) is 0 Å². The summed E-state index contributed by atoms with van der Waals surface area (Å²) in [6, 6.07) is -3.91. The fourth-order valence-corrected chi connectivity index (χ4v) is 5.23. The Balaban J connectivity index is 1.96. The predicted molar refractivity (Wildman–Crippen MR) is 136 cm³/mol. The van der Waals surface area contributed by atoms with Gasteiger partial charge < -0.3 is 88.7 Å². The van der Waals surface area contributed by atoms with Gasteiger partial charge in [-0.25, -0.2) is 9.98 Å². The topological polar surface area (TPSA) is 345 Å². The maximum Gasteiger partial charge on any atom is 0.187 e. The molecule has 0 amide bonds. The van der Waals surface area contributed by atoms with Gasteiger partial charge in [0.1, 0.15) is 66.5 Å². The van der Waals surface area contributed by atoms with Gasteiger partial charge in [-0.2, -0.15) is 0 Å². The second-order valence-corrected chi connectivity index (χ2v) is 10.1. The Labute approximate surface area is 229 Å². The van der Waals surface area contributed by atoms with E-state index in [1.165, 1.54) is 14.0 Å². The summed E-state index contributed by atoms with van der Waals surface area (Å²) < 4.78 is 23.4. The van der Waals surface area contributed by atoms with Gasteiger partial charge in [0.25, 0.3) is 0 Å². The van der Waals surface area contributed by atoms with Crippen molar-refractivity contribution in [2.24, 2.45) is 38.7 Å². The smallest absolute Gasteiger partial charge is 0.187 e. The van der Waals surface area contributed by atoms with Gasteiger partial charge in [0.15, 0.2) is 24.5 Å². The first kappa shape index (κ1) is 32.5. The van der Waals surface area contributed by atoms with Gasteiger partial charge in [-0.15, -0.1) is 0 Å². The summed E-state index contributed by atoms with van der Waals surface area (Å²) in [5.74, 6) is -0.973. The summed E-state index contributed by atoms with van der Waals surface area (Å²) >= 11 is 0. The highest BCUT2D eigenvalue weighted by Crippen LogP contribution is 2.39. The number of aliphatic hydroxyl groups excluding tert-OH is 6. The molecule has 0 spiro atoms. The maximum absolute atomic E-state index is 11.4. The van der Waals surface area contributed by atoms with Crippen molar-refractivity contribution in [3.05, 3.63) is 0 Å². The van der Waals surface area contributed by atoms with Gasteiger partial charge in [0.05, 0.1) is 18.8 Å². The molecule has 0 aromatic heterocycles. The van der Waals surface area contributed by atoms with Crippen molar-refractivity contribution < 1.29 is 54.7 Å². The number of ether oxygens (including phenoxy) is 4. The summed E-state index contributed by atoms with van der Waals surface area (Å²) in [5, 5.41) is 77.2. The number of hydrogen-bond donors (Lipinski definition) is 13. The molecule has 1 aliphatic carbocycles. The van der Waals surface area contributed by atoms with Crippen molar-refractivity contribution in [2.45, 2.75) is 98.2 Å². The number of hydrogen-bond acceptors (Lipinski definition) is 15. The van der Waals surface area contributed by atoms with Gasteiger partial charge in [0.2, 0.25) is 0 Å². The summed E-state index contributed by atoms with van der Waals surface area (Å²) in [4.78, 5) is 7.70. The summed E-state index contributed by atoms with van der Waals surface area (Å²) in [7, 11) is 1.46. The van der Waals surface area contributed by atoms with E-state index in [1.54, 1.807) is 0 Å². The van der Waals surface area contributed by atoms with Crippen LogP contribution in [0.25, 0.3) is 0 Å². The molecule has 2 heterocycles. The maximum atomic E-state index is 11.4. The number of nitrogens with zero attached hydrogens (tertiary/aromatic N) is 2. The van der Waals surface area contributed by atoms with E-state index in [0.29, 0.717) is 0 Å². The predicted octanol–water partition coefficient (Wildman–Crippen LogP) is -8.40. The average Bonchev–Trinajstić information content (AvgIpc) is 3.13. The molecule has 3 fully saturated rings. The van der Waals surface area contributed by atoms with Crippen LogP contribution in [0.1, 0.15) is 6.92 Å². The Morgan fingerprint density at radius 3 is 1.98 bits per heavy atom. The molecular weight excluding hydrogens is 540 g/mol. The lowest BCUT2D eigenvalue weighted by Crippen LogP contribution is -2.67. The van der Waals surface area contributed by atoms with E-state index >= 15 is 0 Å². The van der Waals surface area contributed by atoms with E-state index < -0.39 is 116 Å². The molecule has 3 aliphatic rings. The molecule has 1 saturated carbocycles. The zero-order valence-corrected chi connectivity index (χ0v) is 22.0. The largest absolute Gasteiger partial charge is 0.394 e. The minimum absolute atomic E-state index is 0.410. The Hall–Kier alpha value is -1.98. The fourth-order valence-electron chi connectivity index (χ4n) is 5.23. The molecule has 40 heavy (non-hydrogen) atoms. The van der Waals surface area contributed by atoms with E-state index in [4.69, 9.17) is 47.6 Å². The minimum atomic E-state index is -1.93. The zero-order valence-electron chi connectivity index (χ0n) is 22.0. The quantitative estimate of drug-likeness (QED) is 0.0885. The Morgan fingerprint density at radius 2 is 1.45 bits per heavy atom. The zero-order chi connectivity index (χ0) is 30.1. The number of aliphatic imine (C=N–C) groups is 2. The number of nitrogens with one attached hydrogen (secondary N) is 1. The monoisotopic (exact) mass is 582 g/mol. The van der Waals surface area contributed by atoms with Gasteiger partial charge in [0, 0.05) is 6.54 Å². The van der Waals surface area contributed by atoms with Crippen molar-refractivity contribution in [3.63, 3.8) is 0 Å². The molecule has 0 bridgehead atoms. The van der Waals surface area contributed by atoms with Crippen molar-refractivity contribution in [1.82, 2.24) is 5.32 Å². The molecule has 18 N–H and O–H groups in total. The lowest BCUT2D eigenvalue weighted by atomic mass is 9.81. The molecule has 2 saturated heterocycles. The lowest BCUT2D eigenvalue weighted by Gasteiger charge is -2.45. The highest BCUT2D eigenvalue weighted by molar-refractivity contribution is 5.76. The molecule has 0 aromatic carbocycles. The van der Waals surface area contributed by atoms with Crippen LogP contribution in [-0.4, -0.2) is 159 Å². The van der Waals surface area contributed by atoms with Gasteiger partial charge >= 0.3 is 0 Å². The number of rotatable bonds is 9. The molecule has 19 heteroatoms. The van der Waals surface area contributed by atoms with Gasteiger partial charge in [-0.3, -0.25) is 0 Å². The molecule has 0 radical (unpaired) electrons. The van der Waals surface area contributed by atoms with Crippen LogP contribution in [0, 0.1) is 0 Å². The molecule has 232 valence electrons. The third-order valence-electron chi connectivity index (χ3n) is 7.56. The molecule has 2 aliphatic heterocycles. The third-order valence-corrected chi connectivity index (χ3v) is 7.56. The summed E-state index contributed by atoms with van der Waals surface area (Å²) in [5.41, 5.74) is 25.8. The van der Waals surface area contributed by atoms with E-state index in [-0.39, 0.29) is 0 Å². The number of aliphatic hydroxyl groups is 7. The molecule has 0 aromatic rings. The Morgan fingerprint density at radius 1 is 0.850 bits per heavy atom. The van der Waals surface area contributed by atoms with Crippen molar-refractivity contribution in [2.75, 3.05) is 20.2 Å². The molecule has 3 unspecified atom stereocenters. The van der Waals surface area contributed by atoms with Crippen LogP contribution in [0.15, 0.2) is 9.98 Å². The summed E-state index contributed by atoms with van der Waals surface area (Å²) in [6.45, 7) is 0.406. The van der Waals surface area contributed by atoms with Crippen LogP contribution in [0.2, 0.25) is 0 Å². The minimum Gasteiger partial charge on any atom is -0.394 e. The normalized spacial score (nSPS) is 47.5. The molecule has 19 nitrogen and oxygen atoms in total. The van der Waals surface area contributed by atoms with Crippen molar-refractivity contribution in [3.8, 4) is 0 Å². The molecular formula is C21H42N8O11. The SMILES string of the molecule is CN[C@@H]1[C@@H](O[C@H]2[C@H](O[C@@H]3C(O)[C@@H](O)C(N=C(N)N)[C@H](O)[C@@H]3N=C(N)N)O[C@@H](C)[C@]2(O)CN)O[C@@H](CO)C(O)[C@@H]1O. The number of nitrogens with two attached hydrogens (primary N) is 5. The van der Waals surface area contributed by atoms with E-state index in [2.05, 4.69) is 15.3 Å². The first-order chi connectivity index (χ1) is 18.7. The first-order valence-corrected chi connectivity index (χ1v) is 12.6. The van der Waals surface area contributed by atoms with Crippen LogP contribution >= 0.6 is 0 Å². The molecule has 15 atom stereocenters. The number of likely N-dealkylation sites (N-methyl/N-ethyl adjacent to an activating group) is 1. The van der Waals surface area contributed by atoms with E-state index in [1.807, 2.05) is 0 Å². The van der Waals surface area contributed by atoms with Crippen molar-refractivity contribution in [1.29, 1.82) is 0 Å². The highest BCUT2D eigenvalue weighted by atomic mass is 16.8. The Kier molecular flexibility index (Phi) is 10.5. The van der Waals surface area contributed by atoms with Crippen LogP contribution in [0.3, 0.4) is 0 Å². The second kappa shape index (κ2) is 12.9. The standard InChI is InChI=1S/C21H42N8O11/c1-5-21(36,4-22)16(40-17-9(27-2)13(34)10(31)6(3-30)38-17)18(37-5)39-15-8(29-20(25)26)11(32)7(28-19(23)24)12(33)14(15)35/h5-18,27,30-36H,3-4,22H2,1-2H3,(H4,23,24,28)(H4,25,26,29)/t5-,6-,7?,8-,9-,10?,11-,12-,13+,14?,15-,16-,17+,18-,21+/m0/s1. The van der Waals surface area contributed by atoms with Crippen molar-refractivity contribution >= 4 is 11.9 Å². The highest BCUT2D eigenvalue weighted by Gasteiger charge is 2.60. The first-order valence-electron chi connectivity index (χ1n) is 12.6. The second-order valence-electron chi connectivity index (χ2n) is 10.1. The van der Waals surface area contributed by atoms with Crippen LogP contribution in [0.5, 0.6) is 0 Å². The Bertz CT molecular complexity index is 912. The summed E-state index contributed by atoms with van der Waals surface area (Å²) in [6.07, 6.45) is -16.3. The lowest BCUT2D eigenvalue weighted by molar-refractivity contribution is -0.316. The van der Waals surface area contributed by atoms with Gasteiger partial charge in [-0.05, 0) is 14.0 Å². The van der Waals surface area contributed by atoms with E-state index in [9.17, 15) is 35.7 Å². The van der Waals surface area contributed by atoms with Crippen LogP contribution < -0.4 is 34.0 Å². The average molecular weight is 583 g/mol. The van der Waals surface area contributed by atoms with Gasteiger partial charge in [-0.1, -0.05) is 0 Å². The fraction of sp³-hybridized carbons (Fsp3) is 0.905. The number of guanidine groups is 2. The van der Waals surface area contributed by atoms with E-state index in [0.717, 1.165) is 0 Å². The van der Waals surface area contributed by atoms with Crippen LogP contribution in [-0.2, 0) is 18.9 Å². The molecule has 3 rings (SSSR count). The third kappa shape index (κ3) is 6.11.